The number of aliphatic imine (C=N–C) groups is 1. The Kier molecular flexibility index (Phi) is 8.20. The molecule has 2 aromatic carbocycles. The van der Waals surface area contributed by atoms with Crippen LogP contribution in [0.1, 0.15) is 21.5 Å². The van der Waals surface area contributed by atoms with Crippen LogP contribution in [0, 0.1) is 0 Å². The lowest BCUT2D eigenvalue weighted by atomic mass is 10.1. The van der Waals surface area contributed by atoms with Crippen LogP contribution in [0.2, 0.25) is 0 Å². The largest absolute Gasteiger partial charge is 0.356 e. The van der Waals surface area contributed by atoms with Crippen LogP contribution in [0.4, 0.5) is 0 Å². The monoisotopic (exact) mass is 384 g/mol. The summed E-state index contributed by atoms with van der Waals surface area (Å²) in [7, 11) is 5.47. The first-order valence-corrected chi connectivity index (χ1v) is 10.2. The van der Waals surface area contributed by atoms with Gasteiger partial charge in [0.15, 0.2) is 5.96 Å². The van der Waals surface area contributed by atoms with Crippen molar-refractivity contribution in [2.75, 3.05) is 33.9 Å². The Balaban J connectivity index is 1.88. The Labute approximate surface area is 166 Å². The average molecular weight is 385 g/mol. The molecule has 0 atom stereocenters. The molecule has 0 aliphatic heterocycles. The van der Waals surface area contributed by atoms with Gasteiger partial charge in [0.1, 0.15) is 0 Å². The minimum Gasteiger partial charge on any atom is -0.356 e. The molecule has 0 aromatic heterocycles. The second-order valence-corrected chi connectivity index (χ2v) is 7.09. The van der Waals surface area contributed by atoms with Crippen molar-refractivity contribution in [3.05, 3.63) is 65.2 Å². The summed E-state index contributed by atoms with van der Waals surface area (Å²) in [6.07, 6.45) is 2.90. The Hall–Kier alpha value is -2.47. The van der Waals surface area contributed by atoms with Gasteiger partial charge >= 0.3 is 0 Å². The summed E-state index contributed by atoms with van der Waals surface area (Å²) in [5.74, 6) is 0.791. The predicted molar refractivity (Wildman–Crippen MR) is 115 cm³/mol. The summed E-state index contributed by atoms with van der Waals surface area (Å²) in [5, 5.41) is 6.05. The molecule has 0 fully saturated rings. The Bertz CT molecular complexity index is 774. The molecule has 0 spiro atoms. The topological polar surface area (TPSA) is 56.7 Å². The van der Waals surface area contributed by atoms with Gasteiger partial charge in [-0.1, -0.05) is 24.3 Å². The molecule has 0 radical (unpaired) electrons. The minimum atomic E-state index is -0.0622. The molecule has 0 aliphatic rings. The summed E-state index contributed by atoms with van der Waals surface area (Å²) < 4.78 is 0. The lowest BCUT2D eigenvalue weighted by molar-refractivity contribution is 0.0963. The van der Waals surface area contributed by atoms with Crippen molar-refractivity contribution < 1.29 is 4.79 Å². The Morgan fingerprint density at radius 2 is 1.89 bits per heavy atom. The van der Waals surface area contributed by atoms with E-state index < -0.39 is 0 Å². The summed E-state index contributed by atoms with van der Waals surface area (Å²) >= 11 is 1.75. The highest BCUT2D eigenvalue weighted by Gasteiger charge is 2.07. The van der Waals surface area contributed by atoms with E-state index in [1.54, 1.807) is 25.9 Å². The van der Waals surface area contributed by atoms with Crippen LogP contribution in [-0.2, 0) is 13.0 Å². The molecule has 5 nitrogen and oxygen atoms in total. The molecule has 2 rings (SSSR count). The first kappa shape index (κ1) is 20.8. The average Bonchev–Trinajstić information content (AvgIpc) is 2.71. The van der Waals surface area contributed by atoms with Gasteiger partial charge in [0, 0.05) is 44.7 Å². The van der Waals surface area contributed by atoms with Gasteiger partial charge in [0.25, 0.3) is 5.91 Å². The number of guanidine groups is 1. The van der Waals surface area contributed by atoms with Crippen molar-refractivity contribution in [2.45, 2.75) is 17.9 Å². The first-order chi connectivity index (χ1) is 13.1. The molecule has 6 heteroatoms. The lowest BCUT2D eigenvalue weighted by Gasteiger charge is -2.22. The number of carbonyl (C=O) groups is 1. The zero-order valence-corrected chi connectivity index (χ0v) is 17.3. The summed E-state index contributed by atoms with van der Waals surface area (Å²) in [4.78, 5) is 19.5. The summed E-state index contributed by atoms with van der Waals surface area (Å²) in [6.45, 7) is 1.54. The highest BCUT2D eigenvalue weighted by Crippen LogP contribution is 2.15. The standard InChI is InChI=1S/C21H28N4OS/c1-22-20(26)18-7-5-6-16(14-18)12-13-24-21(23-2)25(3)15-17-8-10-19(27-4)11-9-17/h5-11,14H,12-13,15H2,1-4H3,(H,22,26)(H,23,24). The van der Waals surface area contributed by atoms with Gasteiger partial charge in [-0.3, -0.25) is 9.79 Å². The van der Waals surface area contributed by atoms with Crippen molar-refractivity contribution in [1.82, 2.24) is 15.5 Å². The van der Waals surface area contributed by atoms with E-state index in [4.69, 9.17) is 0 Å². The van der Waals surface area contributed by atoms with E-state index in [1.165, 1.54) is 10.5 Å². The van der Waals surface area contributed by atoms with Gasteiger partial charge < -0.3 is 15.5 Å². The fraction of sp³-hybridized carbons (Fsp3) is 0.333. The molecule has 2 aromatic rings. The molecule has 2 N–H and O–H groups in total. The van der Waals surface area contributed by atoms with Crippen molar-refractivity contribution in [1.29, 1.82) is 0 Å². The van der Waals surface area contributed by atoms with Gasteiger partial charge in [0.05, 0.1) is 0 Å². The van der Waals surface area contributed by atoms with Crippen molar-refractivity contribution in [3.63, 3.8) is 0 Å². The number of carbonyl (C=O) groups excluding carboxylic acids is 1. The van der Waals surface area contributed by atoms with Crippen molar-refractivity contribution in [3.8, 4) is 0 Å². The molecular formula is C21H28N4OS. The first-order valence-electron chi connectivity index (χ1n) is 8.93. The highest BCUT2D eigenvalue weighted by molar-refractivity contribution is 7.98. The van der Waals surface area contributed by atoms with Crippen LogP contribution < -0.4 is 10.6 Å². The van der Waals surface area contributed by atoms with Crippen LogP contribution in [0.25, 0.3) is 0 Å². The maximum atomic E-state index is 11.7. The Morgan fingerprint density at radius 1 is 1.15 bits per heavy atom. The maximum absolute atomic E-state index is 11.7. The molecule has 0 bridgehead atoms. The second-order valence-electron chi connectivity index (χ2n) is 6.21. The van der Waals surface area contributed by atoms with E-state index >= 15 is 0 Å². The quantitative estimate of drug-likeness (QED) is 0.438. The predicted octanol–water partition coefficient (Wildman–Crippen LogP) is 3.02. The van der Waals surface area contributed by atoms with Crippen LogP contribution >= 0.6 is 11.8 Å². The van der Waals surface area contributed by atoms with Gasteiger partial charge in [-0.05, 0) is 48.1 Å². The lowest BCUT2D eigenvalue weighted by Crippen LogP contribution is -2.39. The Morgan fingerprint density at radius 3 is 2.52 bits per heavy atom. The van der Waals surface area contributed by atoms with E-state index in [0.29, 0.717) is 5.56 Å². The molecule has 0 saturated heterocycles. The van der Waals surface area contributed by atoms with E-state index in [2.05, 4.69) is 51.0 Å². The zero-order chi connectivity index (χ0) is 19.6. The third kappa shape index (κ3) is 6.32. The van der Waals surface area contributed by atoms with Crippen LogP contribution in [0.5, 0.6) is 0 Å². The summed E-state index contributed by atoms with van der Waals surface area (Å²) in [6, 6.07) is 16.3. The molecule has 0 unspecified atom stereocenters. The smallest absolute Gasteiger partial charge is 0.251 e. The SMILES string of the molecule is CN=C(NCCc1cccc(C(=O)NC)c1)N(C)Cc1ccc(SC)cc1. The third-order valence-corrected chi connectivity index (χ3v) is 5.01. The third-order valence-electron chi connectivity index (χ3n) is 4.27. The maximum Gasteiger partial charge on any atom is 0.251 e. The number of thioether (sulfide) groups is 1. The molecule has 0 heterocycles. The van der Waals surface area contributed by atoms with Gasteiger partial charge in [-0.15, -0.1) is 11.8 Å². The normalized spacial score (nSPS) is 11.2. The van der Waals surface area contributed by atoms with Gasteiger partial charge in [0.2, 0.25) is 0 Å². The van der Waals surface area contributed by atoms with Crippen LogP contribution in [0.3, 0.4) is 0 Å². The second kappa shape index (κ2) is 10.6. The fourth-order valence-electron chi connectivity index (χ4n) is 2.80. The zero-order valence-electron chi connectivity index (χ0n) is 16.5. The minimum absolute atomic E-state index is 0.0622. The fourth-order valence-corrected chi connectivity index (χ4v) is 3.20. The van der Waals surface area contributed by atoms with E-state index in [-0.39, 0.29) is 5.91 Å². The molecule has 144 valence electrons. The molecule has 27 heavy (non-hydrogen) atoms. The number of rotatable bonds is 7. The van der Waals surface area contributed by atoms with Gasteiger partial charge in [-0.25, -0.2) is 0 Å². The molecule has 1 amide bonds. The number of hydrogen-bond acceptors (Lipinski definition) is 3. The van der Waals surface area contributed by atoms with E-state index in [1.807, 2.05) is 31.3 Å². The van der Waals surface area contributed by atoms with E-state index in [9.17, 15) is 4.79 Å². The number of benzene rings is 2. The van der Waals surface area contributed by atoms with Crippen LogP contribution in [0.15, 0.2) is 58.4 Å². The molecule has 0 saturated carbocycles. The van der Waals surface area contributed by atoms with Gasteiger partial charge in [-0.2, -0.15) is 0 Å². The highest BCUT2D eigenvalue weighted by atomic mass is 32.2. The summed E-state index contributed by atoms with van der Waals surface area (Å²) in [5.41, 5.74) is 3.05. The number of nitrogens with one attached hydrogen (secondary N) is 2. The number of amides is 1. The molecule has 0 aliphatic carbocycles. The molecular weight excluding hydrogens is 356 g/mol. The number of nitrogens with zero attached hydrogens (tertiary/aromatic N) is 2. The van der Waals surface area contributed by atoms with E-state index in [0.717, 1.165) is 31.0 Å². The van der Waals surface area contributed by atoms with Crippen molar-refractivity contribution in [2.24, 2.45) is 4.99 Å². The van der Waals surface area contributed by atoms with Crippen LogP contribution in [-0.4, -0.2) is 50.7 Å². The number of hydrogen-bond donors (Lipinski definition) is 2. The van der Waals surface area contributed by atoms with Crippen molar-refractivity contribution >= 4 is 23.6 Å².